The number of carbonyl (C=O) groups is 1. The first-order valence-electron chi connectivity index (χ1n) is 10.6. The summed E-state index contributed by atoms with van der Waals surface area (Å²) in [4.78, 5) is 22.5. The van der Waals surface area contributed by atoms with E-state index in [1.54, 1.807) is 6.07 Å². The average Bonchev–Trinajstić information content (AvgIpc) is 2.79. The van der Waals surface area contributed by atoms with Gasteiger partial charge in [-0.25, -0.2) is 13.8 Å². The van der Waals surface area contributed by atoms with Gasteiger partial charge in [-0.2, -0.15) is 13.2 Å². The zero-order valence-corrected chi connectivity index (χ0v) is 17.9. The van der Waals surface area contributed by atoms with Crippen LogP contribution in [0.5, 0.6) is 0 Å². The fourth-order valence-corrected chi connectivity index (χ4v) is 4.15. The van der Waals surface area contributed by atoms with Gasteiger partial charge in [0.25, 0.3) is 0 Å². The lowest BCUT2D eigenvalue weighted by molar-refractivity contribution is -0.177. The van der Waals surface area contributed by atoms with Crippen molar-refractivity contribution in [3.05, 3.63) is 77.8 Å². The number of aromatic nitrogens is 2. The number of hydrogen-bond acceptors (Lipinski definition) is 5. The molecule has 10 heteroatoms. The molecule has 34 heavy (non-hydrogen) atoms. The number of hydrogen-bond donors (Lipinski definition) is 1. The number of nitrogens with zero attached hydrogens (tertiary/aromatic N) is 3. The number of halogens is 5. The number of rotatable bonds is 5. The predicted molar refractivity (Wildman–Crippen MR) is 116 cm³/mol. The summed E-state index contributed by atoms with van der Waals surface area (Å²) in [6.45, 7) is -0.134. The summed E-state index contributed by atoms with van der Waals surface area (Å²) in [6, 6.07) is 8.87. The summed E-state index contributed by atoms with van der Waals surface area (Å²) < 4.78 is 68.7. The highest BCUT2D eigenvalue weighted by Crippen LogP contribution is 2.35. The maximum atomic E-state index is 14.5. The summed E-state index contributed by atoms with van der Waals surface area (Å²) >= 11 is 0. The Bertz CT molecular complexity index is 1200. The highest BCUT2D eigenvalue weighted by molar-refractivity contribution is 5.97. The molecule has 3 heterocycles. The molecule has 2 unspecified atom stereocenters. The van der Waals surface area contributed by atoms with Gasteiger partial charge in [0.2, 0.25) is 0 Å². The molecule has 0 radical (unpaired) electrons. The molecule has 1 fully saturated rings. The smallest absolute Gasteiger partial charge is 0.369 e. The Labute approximate surface area is 192 Å². The van der Waals surface area contributed by atoms with Gasteiger partial charge in [0.15, 0.2) is 11.6 Å². The minimum atomic E-state index is -4.40. The number of benzene rings is 1. The van der Waals surface area contributed by atoms with Gasteiger partial charge in [-0.1, -0.05) is 12.1 Å². The molecule has 178 valence electrons. The number of Topliss-reactive ketones (excluding diaryl/α,β-unsaturated/α-hetero) is 1. The van der Waals surface area contributed by atoms with Crippen LogP contribution in [-0.2, 0) is 6.42 Å². The maximum absolute atomic E-state index is 14.5. The molecule has 0 amide bonds. The van der Waals surface area contributed by atoms with Crippen molar-refractivity contribution in [1.29, 1.82) is 0 Å². The molecular weight excluding hydrogens is 455 g/mol. The van der Waals surface area contributed by atoms with Crippen LogP contribution in [0.4, 0.5) is 27.6 Å². The minimum absolute atomic E-state index is 0.0873. The molecule has 3 aromatic rings. The van der Waals surface area contributed by atoms with Crippen molar-refractivity contribution in [2.75, 3.05) is 18.0 Å². The Morgan fingerprint density at radius 2 is 1.82 bits per heavy atom. The lowest BCUT2D eigenvalue weighted by Gasteiger charge is -2.39. The maximum Gasteiger partial charge on any atom is 0.393 e. The van der Waals surface area contributed by atoms with E-state index in [9.17, 15) is 26.7 Å². The Kier molecular flexibility index (Phi) is 6.60. The fraction of sp³-hybridized carbons (Fsp3) is 0.292. The van der Waals surface area contributed by atoms with Gasteiger partial charge in [0, 0.05) is 54.8 Å². The van der Waals surface area contributed by atoms with Crippen molar-refractivity contribution in [3.8, 4) is 11.3 Å². The number of alkyl halides is 3. The van der Waals surface area contributed by atoms with Crippen molar-refractivity contribution in [2.24, 2.45) is 11.7 Å². The standard InChI is InChI=1S/C24H21F5N4O/c25-18-4-2-1-3-17(18)20-6-5-19(26)23(32-20)22(34)9-14-11-31-8-7-21(14)33-12-15(24(27,28)29)10-16(30)13-33/h1-8,11,15-16H,9-10,12-13,30H2. The van der Waals surface area contributed by atoms with Gasteiger partial charge in [0.05, 0.1) is 11.6 Å². The van der Waals surface area contributed by atoms with Crippen molar-refractivity contribution < 1.29 is 26.7 Å². The lowest BCUT2D eigenvalue weighted by Crippen LogP contribution is -2.51. The van der Waals surface area contributed by atoms with Crippen LogP contribution in [0.25, 0.3) is 11.3 Å². The van der Waals surface area contributed by atoms with Crippen LogP contribution in [0.15, 0.2) is 54.9 Å². The van der Waals surface area contributed by atoms with Crippen molar-refractivity contribution in [3.63, 3.8) is 0 Å². The van der Waals surface area contributed by atoms with Crippen molar-refractivity contribution in [1.82, 2.24) is 9.97 Å². The number of nitrogens with two attached hydrogens (primary N) is 1. The van der Waals surface area contributed by atoms with E-state index in [-0.39, 0.29) is 37.2 Å². The molecule has 2 atom stereocenters. The SMILES string of the molecule is NC1CC(C(F)(F)F)CN(c2ccncc2CC(=O)c2nc(-c3ccccc3F)ccc2F)C1. The Morgan fingerprint density at radius 1 is 1.06 bits per heavy atom. The zero-order chi connectivity index (χ0) is 24.5. The highest BCUT2D eigenvalue weighted by Gasteiger charge is 2.44. The lowest BCUT2D eigenvalue weighted by atomic mass is 9.93. The van der Waals surface area contributed by atoms with E-state index < -0.39 is 41.2 Å². The van der Waals surface area contributed by atoms with Crippen LogP contribution >= 0.6 is 0 Å². The molecule has 2 aromatic heterocycles. The molecule has 0 bridgehead atoms. The van der Waals surface area contributed by atoms with E-state index in [1.165, 1.54) is 47.6 Å². The van der Waals surface area contributed by atoms with Gasteiger partial charge in [-0.05, 0) is 36.8 Å². The number of anilines is 1. The van der Waals surface area contributed by atoms with Crippen molar-refractivity contribution >= 4 is 11.5 Å². The van der Waals surface area contributed by atoms with Crippen LogP contribution in [-0.4, -0.2) is 41.1 Å². The van der Waals surface area contributed by atoms with E-state index in [4.69, 9.17) is 5.73 Å². The van der Waals surface area contributed by atoms with E-state index in [2.05, 4.69) is 9.97 Å². The van der Waals surface area contributed by atoms with Crippen LogP contribution in [0, 0.1) is 17.6 Å². The first-order chi connectivity index (χ1) is 16.1. The van der Waals surface area contributed by atoms with Crippen LogP contribution in [0.3, 0.4) is 0 Å². The van der Waals surface area contributed by atoms with Gasteiger partial charge >= 0.3 is 6.18 Å². The topological polar surface area (TPSA) is 72.1 Å². The monoisotopic (exact) mass is 476 g/mol. The number of piperidine rings is 1. The summed E-state index contributed by atoms with van der Waals surface area (Å²) in [5, 5.41) is 0. The largest absolute Gasteiger partial charge is 0.393 e. The molecule has 5 nitrogen and oxygen atoms in total. The second-order valence-electron chi connectivity index (χ2n) is 8.25. The first-order valence-corrected chi connectivity index (χ1v) is 10.6. The van der Waals surface area contributed by atoms with E-state index in [0.717, 1.165) is 6.07 Å². The van der Waals surface area contributed by atoms with Crippen LogP contribution in [0.1, 0.15) is 22.5 Å². The first kappa shape index (κ1) is 23.7. The normalized spacial score (nSPS) is 18.7. The quantitative estimate of drug-likeness (QED) is 0.432. The average molecular weight is 476 g/mol. The molecule has 4 rings (SSSR count). The summed E-state index contributed by atoms with van der Waals surface area (Å²) in [5.41, 5.74) is 6.29. The second kappa shape index (κ2) is 9.46. The predicted octanol–water partition coefficient (Wildman–Crippen LogP) is 4.56. The molecule has 0 aliphatic carbocycles. The fourth-order valence-electron chi connectivity index (χ4n) is 4.15. The van der Waals surface area contributed by atoms with E-state index in [1.807, 2.05) is 0 Å². The van der Waals surface area contributed by atoms with Crippen LogP contribution in [0.2, 0.25) is 0 Å². The molecule has 1 aromatic carbocycles. The highest BCUT2D eigenvalue weighted by atomic mass is 19.4. The second-order valence-corrected chi connectivity index (χ2v) is 8.25. The molecule has 1 aliphatic heterocycles. The third kappa shape index (κ3) is 5.06. The zero-order valence-electron chi connectivity index (χ0n) is 17.9. The molecule has 1 aliphatic rings. The van der Waals surface area contributed by atoms with E-state index >= 15 is 0 Å². The summed E-state index contributed by atoms with van der Waals surface area (Å²) in [5.74, 6) is -3.77. The Hall–Kier alpha value is -3.40. The summed E-state index contributed by atoms with van der Waals surface area (Å²) in [7, 11) is 0. The summed E-state index contributed by atoms with van der Waals surface area (Å²) in [6.07, 6.45) is -2.18. The third-order valence-electron chi connectivity index (χ3n) is 5.78. The number of ketones is 1. The van der Waals surface area contributed by atoms with Crippen molar-refractivity contribution in [2.45, 2.75) is 25.1 Å². The molecular formula is C24H21F5N4O. The number of carbonyl (C=O) groups excluding carboxylic acids is 1. The van der Waals surface area contributed by atoms with Crippen LogP contribution < -0.4 is 10.6 Å². The molecule has 1 saturated heterocycles. The van der Waals surface area contributed by atoms with E-state index in [0.29, 0.717) is 11.3 Å². The van der Waals surface area contributed by atoms with Gasteiger partial charge in [0.1, 0.15) is 11.5 Å². The molecule has 0 saturated carbocycles. The molecule has 2 N–H and O–H groups in total. The number of pyridine rings is 2. The van der Waals surface area contributed by atoms with Gasteiger partial charge in [-0.3, -0.25) is 9.78 Å². The minimum Gasteiger partial charge on any atom is -0.369 e. The Balaban J connectivity index is 1.62. The van der Waals surface area contributed by atoms with Gasteiger partial charge < -0.3 is 10.6 Å². The van der Waals surface area contributed by atoms with Gasteiger partial charge in [-0.15, -0.1) is 0 Å². The Morgan fingerprint density at radius 3 is 2.56 bits per heavy atom. The molecule has 0 spiro atoms. The third-order valence-corrected chi connectivity index (χ3v) is 5.78.